The minimum Gasteiger partial charge on any atom is -0.373 e. The maximum Gasteiger partial charge on any atom is 0.522 e. The molecule has 2 saturated heterocycles. The second-order valence-electron chi connectivity index (χ2n) is 6.87. The molecule has 3 fully saturated rings. The number of hydrogen-bond acceptors (Lipinski definition) is 5. The van der Waals surface area contributed by atoms with E-state index in [0.717, 1.165) is 0 Å². The van der Waals surface area contributed by atoms with Gasteiger partial charge in [-0.1, -0.05) is 6.92 Å². The van der Waals surface area contributed by atoms with Gasteiger partial charge in [-0.2, -0.15) is 0 Å². The highest BCUT2D eigenvalue weighted by atomic mass is 19.4. The number of hydrogen-bond donors (Lipinski definition) is 0. The molecule has 5 nitrogen and oxygen atoms in total. The number of epoxide rings is 2. The first-order chi connectivity index (χ1) is 10.6. The molecule has 0 aromatic heterocycles. The summed E-state index contributed by atoms with van der Waals surface area (Å²) in [5, 5.41) is 0. The Balaban J connectivity index is 1.69. The molecule has 6 unspecified atom stereocenters. The zero-order valence-corrected chi connectivity index (χ0v) is 13.3. The third-order valence-corrected chi connectivity index (χ3v) is 5.30. The molecule has 0 aromatic carbocycles. The van der Waals surface area contributed by atoms with E-state index in [0.29, 0.717) is 13.0 Å². The van der Waals surface area contributed by atoms with E-state index in [1.807, 2.05) is 13.8 Å². The maximum atomic E-state index is 12.4. The Morgan fingerprint density at radius 3 is 2.57 bits per heavy atom. The summed E-state index contributed by atoms with van der Waals surface area (Å²) < 4.78 is 56.8. The first-order valence-corrected chi connectivity index (χ1v) is 7.72. The van der Waals surface area contributed by atoms with Gasteiger partial charge in [-0.05, 0) is 13.3 Å². The lowest BCUT2D eigenvalue weighted by atomic mass is 9.66. The minimum atomic E-state index is -4.64. The third kappa shape index (κ3) is 3.01. The number of carbonyl (C=O) groups excluding carboxylic acids is 1. The first kappa shape index (κ1) is 17.1. The summed E-state index contributed by atoms with van der Waals surface area (Å²) in [6.07, 6.45) is -4.98. The molecule has 2 aliphatic heterocycles. The molecule has 0 bridgehead atoms. The first-order valence-electron chi connectivity index (χ1n) is 7.72. The largest absolute Gasteiger partial charge is 0.522 e. The molecular formula is C15H21F3O5. The van der Waals surface area contributed by atoms with Crippen molar-refractivity contribution >= 4 is 5.78 Å². The van der Waals surface area contributed by atoms with Gasteiger partial charge in [-0.15, -0.1) is 13.2 Å². The van der Waals surface area contributed by atoms with Crippen LogP contribution in [0.3, 0.4) is 0 Å². The van der Waals surface area contributed by atoms with E-state index >= 15 is 0 Å². The molecule has 0 aromatic rings. The Hall–Kier alpha value is -0.700. The van der Waals surface area contributed by atoms with Crippen LogP contribution in [0.15, 0.2) is 0 Å². The van der Waals surface area contributed by atoms with Crippen molar-refractivity contribution in [3.8, 4) is 0 Å². The Kier molecular flexibility index (Phi) is 4.03. The summed E-state index contributed by atoms with van der Waals surface area (Å²) in [4.78, 5) is 12.4. The van der Waals surface area contributed by atoms with Gasteiger partial charge in [0, 0.05) is 19.4 Å². The zero-order chi connectivity index (χ0) is 17.0. The molecule has 0 amide bonds. The van der Waals surface area contributed by atoms with Gasteiger partial charge in [0.25, 0.3) is 0 Å². The van der Waals surface area contributed by atoms with Crippen molar-refractivity contribution in [2.24, 2.45) is 11.8 Å². The Labute approximate surface area is 132 Å². The SMILES string of the molecule is COC1C(=O)C(C)CC2(CO2)C1C1(C)OC1CCOC(F)(F)F. The fourth-order valence-corrected chi connectivity index (χ4v) is 4.10. The summed E-state index contributed by atoms with van der Waals surface area (Å²) in [6.45, 7) is 3.72. The standard InChI is InChI=1S/C15H21F3O5/c1-8-6-14(7-22-14)12(11(20-3)10(8)19)13(2)9(23-13)4-5-21-15(16,17)18/h8-9,11-12H,4-7H2,1-3H3. The molecule has 1 spiro atoms. The Bertz CT molecular complexity index is 490. The molecule has 0 N–H and O–H groups in total. The number of carbonyl (C=O) groups is 1. The number of alkyl halides is 3. The number of rotatable bonds is 5. The van der Waals surface area contributed by atoms with E-state index in [9.17, 15) is 18.0 Å². The van der Waals surface area contributed by atoms with Crippen LogP contribution in [0, 0.1) is 11.8 Å². The predicted octanol–water partition coefficient (Wildman–Crippen LogP) is 2.08. The van der Waals surface area contributed by atoms with Gasteiger partial charge in [0.15, 0.2) is 5.78 Å². The molecule has 0 radical (unpaired) electrons. The normalized spacial score (nSPS) is 46.3. The maximum absolute atomic E-state index is 12.4. The fraction of sp³-hybridized carbons (Fsp3) is 0.933. The molecule has 132 valence electrons. The van der Waals surface area contributed by atoms with Gasteiger partial charge in [-0.3, -0.25) is 9.53 Å². The van der Waals surface area contributed by atoms with Crippen molar-refractivity contribution in [2.45, 2.75) is 56.5 Å². The molecule has 8 heteroatoms. The van der Waals surface area contributed by atoms with Crippen LogP contribution in [-0.2, 0) is 23.7 Å². The molecule has 3 rings (SSSR count). The zero-order valence-electron chi connectivity index (χ0n) is 13.3. The summed E-state index contributed by atoms with van der Waals surface area (Å²) in [5.41, 5.74) is -1.18. The van der Waals surface area contributed by atoms with Crippen LogP contribution < -0.4 is 0 Å². The van der Waals surface area contributed by atoms with Gasteiger partial charge in [0.1, 0.15) is 17.3 Å². The van der Waals surface area contributed by atoms with Crippen molar-refractivity contribution < 1.29 is 36.9 Å². The molecule has 23 heavy (non-hydrogen) atoms. The lowest BCUT2D eigenvalue weighted by Crippen LogP contribution is -2.55. The van der Waals surface area contributed by atoms with E-state index in [2.05, 4.69) is 4.74 Å². The highest BCUT2D eigenvalue weighted by Gasteiger charge is 2.72. The van der Waals surface area contributed by atoms with Crippen LogP contribution in [0.2, 0.25) is 0 Å². The number of ether oxygens (including phenoxy) is 4. The Morgan fingerprint density at radius 2 is 2.04 bits per heavy atom. The van der Waals surface area contributed by atoms with Gasteiger partial charge >= 0.3 is 6.36 Å². The van der Waals surface area contributed by atoms with E-state index in [-0.39, 0.29) is 24.0 Å². The van der Waals surface area contributed by atoms with Crippen molar-refractivity contribution in [2.75, 3.05) is 20.3 Å². The molecule has 3 aliphatic rings. The van der Waals surface area contributed by atoms with E-state index < -0.39 is 36.4 Å². The smallest absolute Gasteiger partial charge is 0.373 e. The highest BCUT2D eigenvalue weighted by Crippen LogP contribution is 2.59. The Morgan fingerprint density at radius 1 is 1.39 bits per heavy atom. The monoisotopic (exact) mass is 338 g/mol. The van der Waals surface area contributed by atoms with E-state index in [1.165, 1.54) is 7.11 Å². The van der Waals surface area contributed by atoms with Gasteiger partial charge in [0.05, 0.1) is 25.2 Å². The van der Waals surface area contributed by atoms with Crippen LogP contribution in [-0.4, -0.2) is 55.9 Å². The molecular weight excluding hydrogens is 317 g/mol. The number of ketones is 1. The number of methoxy groups -OCH3 is 1. The molecule has 1 aliphatic carbocycles. The average Bonchev–Trinajstić information content (AvgIpc) is 3.32. The van der Waals surface area contributed by atoms with Crippen LogP contribution in [0.25, 0.3) is 0 Å². The lowest BCUT2D eigenvalue weighted by Gasteiger charge is -2.40. The molecule has 6 atom stereocenters. The minimum absolute atomic E-state index is 0.000594. The van der Waals surface area contributed by atoms with Gasteiger partial charge in [0.2, 0.25) is 0 Å². The van der Waals surface area contributed by atoms with Crippen LogP contribution in [0.5, 0.6) is 0 Å². The van der Waals surface area contributed by atoms with Crippen molar-refractivity contribution in [3.63, 3.8) is 0 Å². The van der Waals surface area contributed by atoms with Crippen molar-refractivity contribution in [1.29, 1.82) is 0 Å². The molecule has 2 heterocycles. The quantitative estimate of drug-likeness (QED) is 0.718. The summed E-state index contributed by atoms with van der Waals surface area (Å²) in [7, 11) is 1.47. The van der Waals surface area contributed by atoms with Crippen LogP contribution in [0.1, 0.15) is 26.7 Å². The highest BCUT2D eigenvalue weighted by molar-refractivity contribution is 5.87. The van der Waals surface area contributed by atoms with Crippen molar-refractivity contribution in [1.82, 2.24) is 0 Å². The summed E-state index contributed by atoms with van der Waals surface area (Å²) in [5.74, 6) is -0.465. The average molecular weight is 338 g/mol. The number of Topliss-reactive ketones (excluding diaryl/α,β-unsaturated/α-hetero) is 1. The summed E-state index contributed by atoms with van der Waals surface area (Å²) >= 11 is 0. The lowest BCUT2D eigenvalue weighted by molar-refractivity contribution is -0.324. The number of halogens is 3. The van der Waals surface area contributed by atoms with E-state index in [4.69, 9.17) is 14.2 Å². The second-order valence-corrected chi connectivity index (χ2v) is 6.87. The third-order valence-electron chi connectivity index (χ3n) is 5.30. The van der Waals surface area contributed by atoms with E-state index in [1.54, 1.807) is 0 Å². The fourth-order valence-electron chi connectivity index (χ4n) is 4.10. The topological polar surface area (TPSA) is 60.6 Å². The molecule has 1 saturated carbocycles. The predicted molar refractivity (Wildman–Crippen MR) is 71.7 cm³/mol. The van der Waals surface area contributed by atoms with Crippen LogP contribution >= 0.6 is 0 Å². The van der Waals surface area contributed by atoms with Crippen molar-refractivity contribution in [3.05, 3.63) is 0 Å². The van der Waals surface area contributed by atoms with Gasteiger partial charge in [-0.25, -0.2) is 0 Å². The van der Waals surface area contributed by atoms with Crippen LogP contribution in [0.4, 0.5) is 13.2 Å². The van der Waals surface area contributed by atoms with Gasteiger partial charge < -0.3 is 14.2 Å². The summed E-state index contributed by atoms with van der Waals surface area (Å²) in [6, 6.07) is 0. The second kappa shape index (κ2) is 5.40.